The molecule has 0 radical (unpaired) electrons. The molecule has 5 nitrogen and oxygen atoms in total. The Hall–Kier alpha value is -2.48. The van der Waals surface area contributed by atoms with Gasteiger partial charge in [-0.3, -0.25) is 0 Å². The predicted octanol–water partition coefficient (Wildman–Crippen LogP) is 2.48. The highest BCUT2D eigenvalue weighted by atomic mass is 15.4. The highest BCUT2D eigenvalue weighted by Gasteiger charge is 2.19. The number of benzene rings is 1. The molecule has 1 aromatic heterocycles. The number of aryl methyl sites for hydroxylation is 1. The van der Waals surface area contributed by atoms with Crippen molar-refractivity contribution >= 4 is 11.6 Å². The van der Waals surface area contributed by atoms with E-state index in [4.69, 9.17) is 5.73 Å². The molecule has 0 unspecified atom stereocenters. The average molecular weight is 269 g/mol. The molecule has 2 aromatic rings. The highest BCUT2D eigenvalue weighted by Crippen LogP contribution is 2.27. The number of nitrogen functional groups attached to an aromatic ring is 1. The third-order valence-electron chi connectivity index (χ3n) is 3.36. The normalized spacial score (nSPS) is 10.3. The van der Waals surface area contributed by atoms with Crippen LogP contribution in [0.3, 0.4) is 0 Å². The number of nitriles is 1. The minimum atomic E-state index is 0.387. The second kappa shape index (κ2) is 5.66. The highest BCUT2D eigenvalue weighted by molar-refractivity contribution is 5.67. The number of anilines is 2. The predicted molar refractivity (Wildman–Crippen MR) is 81.0 cm³/mol. The first kappa shape index (κ1) is 13.9. The molecule has 104 valence electrons. The van der Waals surface area contributed by atoms with Crippen molar-refractivity contribution in [1.29, 1.82) is 5.26 Å². The van der Waals surface area contributed by atoms with E-state index in [1.165, 1.54) is 5.56 Å². The van der Waals surface area contributed by atoms with E-state index in [9.17, 15) is 5.26 Å². The smallest absolute Gasteiger partial charge is 0.171 e. The lowest BCUT2D eigenvalue weighted by molar-refractivity contribution is 0.808. The molecule has 0 saturated carbocycles. The summed E-state index contributed by atoms with van der Waals surface area (Å²) < 4.78 is 1.63. The first-order valence-electron chi connectivity index (χ1n) is 6.72. The Bertz CT molecular complexity index is 630. The van der Waals surface area contributed by atoms with Gasteiger partial charge in [-0.05, 0) is 32.9 Å². The fourth-order valence-electron chi connectivity index (χ4n) is 2.15. The summed E-state index contributed by atoms with van der Waals surface area (Å²) in [6, 6.07) is 10.1. The lowest BCUT2D eigenvalue weighted by Crippen LogP contribution is -2.23. The third-order valence-corrected chi connectivity index (χ3v) is 3.36. The van der Waals surface area contributed by atoms with Gasteiger partial charge in [0.1, 0.15) is 17.5 Å². The molecule has 0 fully saturated rings. The van der Waals surface area contributed by atoms with Gasteiger partial charge in [0, 0.05) is 13.1 Å². The van der Waals surface area contributed by atoms with Crippen molar-refractivity contribution in [3.63, 3.8) is 0 Å². The van der Waals surface area contributed by atoms with Crippen LogP contribution in [0.2, 0.25) is 0 Å². The summed E-state index contributed by atoms with van der Waals surface area (Å²) in [7, 11) is 0. The molecule has 2 N–H and O–H groups in total. The number of hydrogen-bond donors (Lipinski definition) is 1. The fourth-order valence-corrected chi connectivity index (χ4v) is 2.15. The Labute approximate surface area is 119 Å². The third kappa shape index (κ3) is 2.32. The van der Waals surface area contributed by atoms with Crippen LogP contribution >= 0.6 is 0 Å². The van der Waals surface area contributed by atoms with Crippen LogP contribution in [0.4, 0.5) is 11.6 Å². The van der Waals surface area contributed by atoms with Gasteiger partial charge in [-0.25, -0.2) is 4.68 Å². The van der Waals surface area contributed by atoms with Crippen LogP contribution in [0.15, 0.2) is 24.3 Å². The second-order valence-electron chi connectivity index (χ2n) is 4.62. The van der Waals surface area contributed by atoms with Gasteiger partial charge in [0.05, 0.1) is 5.69 Å². The maximum atomic E-state index is 9.33. The zero-order chi connectivity index (χ0) is 14.7. The van der Waals surface area contributed by atoms with Crippen molar-refractivity contribution in [3.05, 3.63) is 35.4 Å². The minimum absolute atomic E-state index is 0.387. The molecule has 0 spiro atoms. The molecule has 1 aromatic carbocycles. The molecule has 0 saturated heterocycles. The number of nitrogens with two attached hydrogens (primary N) is 1. The van der Waals surface area contributed by atoms with Crippen LogP contribution < -0.4 is 10.6 Å². The van der Waals surface area contributed by atoms with Crippen molar-refractivity contribution in [1.82, 2.24) is 9.78 Å². The zero-order valence-corrected chi connectivity index (χ0v) is 12.1. The van der Waals surface area contributed by atoms with Crippen LogP contribution in [0, 0.1) is 18.3 Å². The molecule has 0 atom stereocenters. The first-order valence-corrected chi connectivity index (χ1v) is 6.72. The summed E-state index contributed by atoms with van der Waals surface area (Å²) in [4.78, 5) is 2.03. The van der Waals surface area contributed by atoms with E-state index in [0.717, 1.165) is 18.8 Å². The van der Waals surface area contributed by atoms with Gasteiger partial charge < -0.3 is 10.6 Å². The Kier molecular flexibility index (Phi) is 3.94. The molecule has 0 aliphatic rings. The van der Waals surface area contributed by atoms with Crippen LogP contribution in [0.5, 0.6) is 0 Å². The van der Waals surface area contributed by atoms with E-state index in [1.807, 2.05) is 49.9 Å². The van der Waals surface area contributed by atoms with E-state index in [1.54, 1.807) is 4.68 Å². The van der Waals surface area contributed by atoms with Crippen LogP contribution in [-0.4, -0.2) is 22.9 Å². The number of nitrogens with zero attached hydrogens (tertiary/aromatic N) is 4. The summed E-state index contributed by atoms with van der Waals surface area (Å²) >= 11 is 0. The van der Waals surface area contributed by atoms with Crippen LogP contribution in [0.1, 0.15) is 25.0 Å². The average Bonchev–Trinajstić information content (AvgIpc) is 2.78. The maximum absolute atomic E-state index is 9.33. The SMILES string of the molecule is CCN(CC)c1nn(-c2ccc(C)cc2)c(N)c1C#N. The lowest BCUT2D eigenvalue weighted by Gasteiger charge is -2.17. The molecule has 0 aliphatic heterocycles. The summed E-state index contributed by atoms with van der Waals surface area (Å²) in [5, 5.41) is 13.9. The van der Waals surface area contributed by atoms with Crippen LogP contribution in [-0.2, 0) is 0 Å². The van der Waals surface area contributed by atoms with Gasteiger partial charge in [-0.2, -0.15) is 5.26 Å². The molecular formula is C15H19N5. The molecule has 5 heteroatoms. The zero-order valence-electron chi connectivity index (χ0n) is 12.1. The maximum Gasteiger partial charge on any atom is 0.171 e. The van der Waals surface area contributed by atoms with Crippen molar-refractivity contribution in [2.75, 3.05) is 23.7 Å². The summed E-state index contributed by atoms with van der Waals surface area (Å²) in [6.07, 6.45) is 0. The van der Waals surface area contributed by atoms with Crippen molar-refractivity contribution in [2.24, 2.45) is 0 Å². The molecule has 20 heavy (non-hydrogen) atoms. The van der Waals surface area contributed by atoms with E-state index < -0.39 is 0 Å². The van der Waals surface area contributed by atoms with Crippen molar-refractivity contribution in [3.8, 4) is 11.8 Å². The summed E-state index contributed by atoms with van der Waals surface area (Å²) in [5.41, 5.74) is 8.56. The Balaban J connectivity index is 2.56. The topological polar surface area (TPSA) is 70.9 Å². The van der Waals surface area contributed by atoms with Gasteiger partial charge in [0.2, 0.25) is 0 Å². The van der Waals surface area contributed by atoms with E-state index in [2.05, 4.69) is 11.2 Å². The van der Waals surface area contributed by atoms with Crippen LogP contribution in [0.25, 0.3) is 5.69 Å². The molecule has 0 amide bonds. The molecule has 0 bridgehead atoms. The lowest BCUT2D eigenvalue weighted by atomic mass is 10.2. The van der Waals surface area contributed by atoms with Crippen molar-refractivity contribution < 1.29 is 0 Å². The van der Waals surface area contributed by atoms with Gasteiger partial charge >= 0.3 is 0 Å². The number of hydrogen-bond acceptors (Lipinski definition) is 4. The van der Waals surface area contributed by atoms with Gasteiger partial charge in [0.25, 0.3) is 0 Å². The largest absolute Gasteiger partial charge is 0.382 e. The van der Waals surface area contributed by atoms with E-state index in [0.29, 0.717) is 17.2 Å². The molecular weight excluding hydrogens is 250 g/mol. The quantitative estimate of drug-likeness (QED) is 0.925. The van der Waals surface area contributed by atoms with Gasteiger partial charge in [-0.15, -0.1) is 5.10 Å². The monoisotopic (exact) mass is 269 g/mol. The van der Waals surface area contributed by atoms with E-state index >= 15 is 0 Å². The standard InChI is InChI=1S/C15H19N5/c1-4-19(5-2)15-13(10-16)14(17)20(18-15)12-8-6-11(3)7-9-12/h6-9H,4-5,17H2,1-3H3. The first-order chi connectivity index (χ1) is 9.62. The molecule has 1 heterocycles. The molecule has 2 rings (SSSR count). The Morgan fingerprint density at radius 2 is 1.85 bits per heavy atom. The minimum Gasteiger partial charge on any atom is -0.382 e. The molecule has 0 aliphatic carbocycles. The Morgan fingerprint density at radius 3 is 2.35 bits per heavy atom. The second-order valence-corrected chi connectivity index (χ2v) is 4.62. The van der Waals surface area contributed by atoms with E-state index in [-0.39, 0.29) is 0 Å². The Morgan fingerprint density at radius 1 is 1.25 bits per heavy atom. The fraction of sp³-hybridized carbons (Fsp3) is 0.333. The summed E-state index contributed by atoms with van der Waals surface area (Å²) in [6.45, 7) is 7.67. The number of aromatic nitrogens is 2. The van der Waals surface area contributed by atoms with Gasteiger partial charge in [-0.1, -0.05) is 17.7 Å². The summed E-state index contributed by atoms with van der Waals surface area (Å²) in [5.74, 6) is 1.04. The van der Waals surface area contributed by atoms with Gasteiger partial charge in [0.15, 0.2) is 5.82 Å². The van der Waals surface area contributed by atoms with Crippen molar-refractivity contribution in [2.45, 2.75) is 20.8 Å². The number of rotatable bonds is 4.